The van der Waals surface area contributed by atoms with Crippen LogP contribution >= 0.6 is 0 Å². The summed E-state index contributed by atoms with van der Waals surface area (Å²) in [6.07, 6.45) is 5.67. The average molecular weight is 357 g/mol. The second-order valence-corrected chi connectivity index (χ2v) is 8.19. The summed E-state index contributed by atoms with van der Waals surface area (Å²) in [5.74, 6) is 1.10. The second-order valence-electron chi connectivity index (χ2n) is 8.19. The molecule has 2 fully saturated rings. The van der Waals surface area contributed by atoms with E-state index in [-0.39, 0.29) is 17.9 Å². The van der Waals surface area contributed by atoms with E-state index >= 15 is 0 Å². The summed E-state index contributed by atoms with van der Waals surface area (Å²) in [5, 5.41) is 6.05. The molecule has 0 aromatic heterocycles. The van der Waals surface area contributed by atoms with Crippen LogP contribution in [-0.2, 0) is 4.79 Å². The van der Waals surface area contributed by atoms with Gasteiger partial charge in [0, 0.05) is 19.1 Å². The van der Waals surface area contributed by atoms with E-state index in [4.69, 9.17) is 0 Å². The van der Waals surface area contributed by atoms with E-state index < -0.39 is 0 Å². The Bertz CT molecular complexity index is 630. The van der Waals surface area contributed by atoms with Gasteiger partial charge in [-0.15, -0.1) is 0 Å². The number of hydrogen-bond donors (Lipinski definition) is 2. The van der Waals surface area contributed by atoms with Crippen molar-refractivity contribution in [3.8, 4) is 0 Å². The van der Waals surface area contributed by atoms with E-state index in [9.17, 15) is 9.59 Å². The van der Waals surface area contributed by atoms with Crippen molar-refractivity contribution < 1.29 is 9.59 Å². The minimum absolute atomic E-state index is 0.0487. The number of likely N-dealkylation sites (tertiary alicyclic amines) is 1. The van der Waals surface area contributed by atoms with Gasteiger partial charge < -0.3 is 10.6 Å². The van der Waals surface area contributed by atoms with E-state index in [0.717, 1.165) is 25.9 Å². The number of nitrogens with one attached hydrogen (secondary N) is 2. The van der Waals surface area contributed by atoms with Gasteiger partial charge in [0.05, 0.1) is 17.8 Å². The molecule has 2 atom stereocenters. The summed E-state index contributed by atoms with van der Waals surface area (Å²) >= 11 is 0. The van der Waals surface area contributed by atoms with Crippen molar-refractivity contribution in [2.24, 2.45) is 11.8 Å². The number of para-hydroxylation sites is 1. The van der Waals surface area contributed by atoms with Crippen LogP contribution in [0.2, 0.25) is 0 Å². The van der Waals surface area contributed by atoms with Crippen molar-refractivity contribution in [3.63, 3.8) is 0 Å². The zero-order chi connectivity index (χ0) is 18.5. The van der Waals surface area contributed by atoms with E-state index in [1.165, 1.54) is 19.3 Å². The normalized spacial score (nSPS) is 24.4. The van der Waals surface area contributed by atoms with Gasteiger partial charge in [-0.1, -0.05) is 38.8 Å². The molecule has 142 valence electrons. The lowest BCUT2D eigenvalue weighted by molar-refractivity contribution is -0.117. The average Bonchev–Trinajstić information content (AvgIpc) is 3.07. The SMILES string of the molecule is C[C@H]1C[C@H](C)CN(CC(=O)Nc2ccccc2C(=O)NC2CCCC2)C1. The molecule has 1 aliphatic heterocycles. The molecule has 5 nitrogen and oxygen atoms in total. The van der Waals surface area contributed by atoms with E-state index in [2.05, 4.69) is 29.4 Å². The molecule has 1 aliphatic carbocycles. The fourth-order valence-corrected chi connectivity index (χ4v) is 4.44. The Hall–Kier alpha value is -1.88. The van der Waals surface area contributed by atoms with Gasteiger partial charge in [0.25, 0.3) is 5.91 Å². The number of benzene rings is 1. The van der Waals surface area contributed by atoms with Gasteiger partial charge in [0.2, 0.25) is 5.91 Å². The number of nitrogens with zero attached hydrogens (tertiary/aromatic N) is 1. The zero-order valence-corrected chi connectivity index (χ0v) is 16.0. The highest BCUT2D eigenvalue weighted by molar-refractivity contribution is 6.04. The predicted octanol–water partition coefficient (Wildman–Crippen LogP) is 3.28. The van der Waals surface area contributed by atoms with Crippen molar-refractivity contribution in [2.45, 2.75) is 52.0 Å². The quantitative estimate of drug-likeness (QED) is 0.850. The van der Waals surface area contributed by atoms with Crippen LogP contribution in [0, 0.1) is 11.8 Å². The first-order valence-corrected chi connectivity index (χ1v) is 9.93. The molecule has 2 amide bonds. The Labute approximate surface area is 156 Å². The van der Waals surface area contributed by atoms with Crippen molar-refractivity contribution >= 4 is 17.5 Å². The Morgan fingerprint density at radius 2 is 1.73 bits per heavy atom. The molecule has 0 spiro atoms. The molecule has 0 radical (unpaired) electrons. The molecule has 1 aromatic rings. The smallest absolute Gasteiger partial charge is 0.253 e. The van der Waals surface area contributed by atoms with Gasteiger partial charge in [0.1, 0.15) is 0 Å². The van der Waals surface area contributed by atoms with Crippen LogP contribution in [-0.4, -0.2) is 42.4 Å². The maximum absolute atomic E-state index is 12.6. The summed E-state index contributed by atoms with van der Waals surface area (Å²) < 4.78 is 0. The first kappa shape index (κ1) is 18.9. The molecule has 3 rings (SSSR count). The van der Waals surface area contributed by atoms with E-state index in [1.54, 1.807) is 6.07 Å². The molecule has 2 N–H and O–H groups in total. The summed E-state index contributed by atoms with van der Waals surface area (Å²) in [6, 6.07) is 7.55. The zero-order valence-electron chi connectivity index (χ0n) is 16.0. The van der Waals surface area contributed by atoms with Crippen LogP contribution in [0.3, 0.4) is 0 Å². The van der Waals surface area contributed by atoms with Crippen LogP contribution in [0.4, 0.5) is 5.69 Å². The lowest BCUT2D eigenvalue weighted by Gasteiger charge is -2.34. The summed E-state index contributed by atoms with van der Waals surface area (Å²) in [6.45, 7) is 6.78. The second kappa shape index (κ2) is 8.67. The molecule has 5 heteroatoms. The van der Waals surface area contributed by atoms with Crippen molar-refractivity contribution in [2.75, 3.05) is 25.0 Å². The number of hydrogen-bond acceptors (Lipinski definition) is 3. The Morgan fingerprint density at radius 3 is 2.42 bits per heavy atom. The van der Waals surface area contributed by atoms with Gasteiger partial charge in [-0.05, 0) is 43.2 Å². The lowest BCUT2D eigenvalue weighted by Crippen LogP contribution is -2.43. The maximum Gasteiger partial charge on any atom is 0.253 e. The molecule has 1 heterocycles. The van der Waals surface area contributed by atoms with Crippen LogP contribution in [0.25, 0.3) is 0 Å². The van der Waals surface area contributed by atoms with Crippen molar-refractivity contribution in [3.05, 3.63) is 29.8 Å². The molecular formula is C21H31N3O2. The van der Waals surface area contributed by atoms with Crippen LogP contribution in [0.5, 0.6) is 0 Å². The summed E-state index contributed by atoms with van der Waals surface area (Å²) in [4.78, 5) is 27.4. The third-order valence-corrected chi connectivity index (χ3v) is 5.45. The highest BCUT2D eigenvalue weighted by Gasteiger charge is 2.24. The first-order chi connectivity index (χ1) is 12.5. The number of piperidine rings is 1. The fourth-order valence-electron chi connectivity index (χ4n) is 4.44. The third-order valence-electron chi connectivity index (χ3n) is 5.45. The van der Waals surface area contributed by atoms with Crippen molar-refractivity contribution in [1.82, 2.24) is 10.2 Å². The van der Waals surface area contributed by atoms with Gasteiger partial charge in [0.15, 0.2) is 0 Å². The first-order valence-electron chi connectivity index (χ1n) is 9.93. The van der Waals surface area contributed by atoms with E-state index in [0.29, 0.717) is 29.6 Å². The number of carbonyl (C=O) groups excluding carboxylic acids is 2. The Morgan fingerprint density at radius 1 is 1.08 bits per heavy atom. The van der Waals surface area contributed by atoms with Crippen molar-refractivity contribution in [1.29, 1.82) is 0 Å². The minimum Gasteiger partial charge on any atom is -0.349 e. The summed E-state index contributed by atoms with van der Waals surface area (Å²) in [7, 11) is 0. The molecule has 0 bridgehead atoms. The molecule has 1 saturated heterocycles. The fraction of sp³-hybridized carbons (Fsp3) is 0.619. The number of anilines is 1. The number of rotatable bonds is 5. The van der Waals surface area contributed by atoms with Gasteiger partial charge >= 0.3 is 0 Å². The Kier molecular flexibility index (Phi) is 6.30. The maximum atomic E-state index is 12.6. The molecule has 1 saturated carbocycles. The lowest BCUT2D eigenvalue weighted by atomic mass is 9.92. The third kappa shape index (κ3) is 5.07. The van der Waals surface area contributed by atoms with E-state index in [1.807, 2.05) is 18.2 Å². The predicted molar refractivity (Wildman–Crippen MR) is 104 cm³/mol. The Balaban J connectivity index is 1.60. The van der Waals surface area contributed by atoms with Gasteiger partial charge in [-0.3, -0.25) is 14.5 Å². The van der Waals surface area contributed by atoms with Crippen LogP contribution < -0.4 is 10.6 Å². The standard InChI is InChI=1S/C21H31N3O2/c1-15-11-16(2)13-24(12-15)14-20(25)23-19-10-6-5-9-18(19)21(26)22-17-7-3-4-8-17/h5-6,9-10,15-17H,3-4,7-8,11-14H2,1-2H3,(H,22,26)(H,23,25)/t15-,16-/m0/s1. The number of amides is 2. The van der Waals surface area contributed by atoms with Crippen LogP contribution in [0.1, 0.15) is 56.3 Å². The van der Waals surface area contributed by atoms with Crippen LogP contribution in [0.15, 0.2) is 24.3 Å². The summed E-state index contributed by atoms with van der Waals surface area (Å²) in [5.41, 5.74) is 1.15. The molecule has 2 aliphatic rings. The van der Waals surface area contributed by atoms with Gasteiger partial charge in [-0.25, -0.2) is 0 Å². The highest BCUT2D eigenvalue weighted by Crippen LogP contribution is 2.22. The molecule has 1 aromatic carbocycles. The molecule has 26 heavy (non-hydrogen) atoms. The molecular weight excluding hydrogens is 326 g/mol. The highest BCUT2D eigenvalue weighted by atomic mass is 16.2. The minimum atomic E-state index is -0.0898. The monoisotopic (exact) mass is 357 g/mol. The topological polar surface area (TPSA) is 61.4 Å². The largest absolute Gasteiger partial charge is 0.349 e. The number of carbonyl (C=O) groups is 2. The van der Waals surface area contributed by atoms with Gasteiger partial charge in [-0.2, -0.15) is 0 Å². The molecule has 0 unspecified atom stereocenters.